The zero-order valence-corrected chi connectivity index (χ0v) is 14.0. The molecule has 2 nitrogen and oxygen atoms in total. The van der Waals surface area contributed by atoms with Gasteiger partial charge in [0, 0.05) is 24.7 Å². The molecule has 1 unspecified atom stereocenters. The van der Waals surface area contributed by atoms with Crippen LogP contribution in [0.4, 0.5) is 0 Å². The van der Waals surface area contributed by atoms with E-state index in [1.54, 1.807) is 0 Å². The van der Waals surface area contributed by atoms with E-state index in [-0.39, 0.29) is 5.04 Å². The van der Waals surface area contributed by atoms with E-state index in [4.69, 9.17) is 4.43 Å². The molecule has 1 saturated carbocycles. The summed E-state index contributed by atoms with van der Waals surface area (Å²) in [5.74, 6) is 0. The van der Waals surface area contributed by atoms with E-state index in [0.717, 1.165) is 6.17 Å². The highest BCUT2D eigenvalue weighted by Gasteiger charge is 2.44. The molecule has 19 heavy (non-hydrogen) atoms. The molecule has 1 aromatic heterocycles. The van der Waals surface area contributed by atoms with E-state index in [2.05, 4.69) is 56.4 Å². The maximum Gasteiger partial charge on any atom is 0.214 e. The number of hydrogen-bond donors (Lipinski definition) is 0. The molecule has 1 atom stereocenters. The van der Waals surface area contributed by atoms with Crippen molar-refractivity contribution in [3.8, 4) is 0 Å². The summed E-state index contributed by atoms with van der Waals surface area (Å²) in [7, 11) is -1.78. The first-order valence-corrected chi connectivity index (χ1v) is 10.3. The van der Waals surface area contributed by atoms with E-state index in [0.29, 0.717) is 6.10 Å². The van der Waals surface area contributed by atoms with Gasteiger partial charge in [-0.1, -0.05) is 40.0 Å². The fraction of sp³-hybridized carbons (Fsp3) is 0.750. The van der Waals surface area contributed by atoms with Crippen LogP contribution in [0.15, 0.2) is 24.5 Å². The molecule has 1 aromatic rings. The molecule has 1 aliphatic rings. The number of hydrogen-bond acceptors (Lipinski definition) is 1. The molecule has 1 fully saturated rings. The second-order valence-electron chi connectivity index (χ2n) is 7.21. The topological polar surface area (TPSA) is 14.2 Å². The molecule has 0 saturated heterocycles. The van der Waals surface area contributed by atoms with Crippen molar-refractivity contribution in [3.63, 3.8) is 0 Å². The first-order chi connectivity index (χ1) is 8.91. The second kappa shape index (κ2) is 5.84. The van der Waals surface area contributed by atoms with Crippen LogP contribution in [-0.2, 0) is 10.6 Å². The van der Waals surface area contributed by atoms with Gasteiger partial charge in [-0.25, -0.2) is 0 Å². The van der Waals surface area contributed by atoms with Crippen molar-refractivity contribution >= 4 is 8.32 Å². The van der Waals surface area contributed by atoms with Gasteiger partial charge in [-0.15, -0.1) is 0 Å². The van der Waals surface area contributed by atoms with Gasteiger partial charge in [0.1, 0.15) is 0 Å². The van der Waals surface area contributed by atoms with E-state index >= 15 is 0 Å². The zero-order valence-electron chi connectivity index (χ0n) is 13.0. The van der Waals surface area contributed by atoms with Crippen molar-refractivity contribution in [2.75, 3.05) is 0 Å². The fourth-order valence-corrected chi connectivity index (χ4v) is 5.61. The minimum absolute atomic E-state index is 0.273. The molecule has 0 aromatic carbocycles. The van der Waals surface area contributed by atoms with Crippen LogP contribution < -0.4 is 0 Å². The average molecular weight is 280 g/mol. The van der Waals surface area contributed by atoms with Crippen LogP contribution in [0.1, 0.15) is 52.9 Å². The highest BCUT2D eigenvalue weighted by Crippen LogP contribution is 2.40. The quantitative estimate of drug-likeness (QED) is 0.725. The van der Waals surface area contributed by atoms with Crippen molar-refractivity contribution in [1.29, 1.82) is 0 Å². The molecule has 2 rings (SSSR count). The van der Waals surface area contributed by atoms with Crippen LogP contribution in [0.2, 0.25) is 11.6 Å². The first-order valence-electron chi connectivity index (χ1n) is 7.69. The van der Waals surface area contributed by atoms with E-state index in [1.807, 2.05) is 0 Å². The highest BCUT2D eigenvalue weighted by molar-refractivity contribution is 6.74. The minimum Gasteiger partial charge on any atom is -0.412 e. The molecule has 1 aliphatic carbocycles. The molecule has 0 N–H and O–H groups in total. The molecule has 0 aliphatic heterocycles. The van der Waals surface area contributed by atoms with Gasteiger partial charge >= 0.3 is 0 Å². The fourth-order valence-electron chi connectivity index (χ4n) is 2.83. The molecular formula is C16H29NOSi. The molecule has 108 valence electrons. The lowest BCUT2D eigenvalue weighted by Crippen LogP contribution is -2.51. The monoisotopic (exact) mass is 279 g/mol. The van der Waals surface area contributed by atoms with Crippen molar-refractivity contribution in [3.05, 3.63) is 24.5 Å². The molecule has 0 radical (unpaired) electrons. The average Bonchev–Trinajstić information content (AvgIpc) is 2.81. The maximum absolute atomic E-state index is 6.73. The normalized spacial score (nSPS) is 21.3. The van der Waals surface area contributed by atoms with E-state index in [1.165, 1.54) is 32.1 Å². The summed E-state index contributed by atoms with van der Waals surface area (Å²) in [5, 5.41) is 0.273. The van der Waals surface area contributed by atoms with Gasteiger partial charge in [0.05, 0.1) is 0 Å². The lowest BCUT2D eigenvalue weighted by Gasteiger charge is -2.43. The summed E-state index contributed by atoms with van der Waals surface area (Å²) >= 11 is 0. The van der Waals surface area contributed by atoms with Crippen molar-refractivity contribution in [1.82, 2.24) is 4.57 Å². The van der Waals surface area contributed by atoms with Crippen LogP contribution in [0.3, 0.4) is 0 Å². The lowest BCUT2D eigenvalue weighted by molar-refractivity contribution is 0.132. The third kappa shape index (κ3) is 3.73. The van der Waals surface area contributed by atoms with Gasteiger partial charge < -0.3 is 8.99 Å². The summed E-state index contributed by atoms with van der Waals surface area (Å²) in [6.45, 7) is 9.48. The highest BCUT2D eigenvalue weighted by atomic mass is 28.4. The lowest BCUT2D eigenvalue weighted by atomic mass is 9.98. The second-order valence-corrected chi connectivity index (χ2v) is 11.7. The van der Waals surface area contributed by atoms with Crippen LogP contribution in [0, 0.1) is 0 Å². The standard InChI is InChI=1S/C16H29NOSi/c1-16(2,3)19(4,14-17-12-8-9-13-17)18-15-10-6-5-7-11-15/h8-9,12-13,15H,5-7,10-11,14H2,1-4H3. The van der Waals surface area contributed by atoms with Gasteiger partial charge in [0.15, 0.2) is 0 Å². The minimum atomic E-state index is -1.78. The summed E-state index contributed by atoms with van der Waals surface area (Å²) in [6, 6.07) is 4.22. The van der Waals surface area contributed by atoms with Crippen molar-refractivity contribution in [2.45, 2.75) is 76.7 Å². The largest absolute Gasteiger partial charge is 0.412 e. The predicted octanol–water partition coefficient (Wildman–Crippen LogP) is 4.75. The Bertz CT molecular complexity index is 376. The molecule has 1 heterocycles. The zero-order chi connectivity index (χ0) is 13.9. The Kier molecular flexibility index (Phi) is 4.57. The Balaban J connectivity index is 2.09. The first kappa shape index (κ1) is 14.9. The Labute approximate surface area is 119 Å². The molecular weight excluding hydrogens is 250 g/mol. The third-order valence-electron chi connectivity index (χ3n) is 4.72. The van der Waals surface area contributed by atoms with E-state index < -0.39 is 8.32 Å². The van der Waals surface area contributed by atoms with Crippen LogP contribution in [-0.4, -0.2) is 19.0 Å². The Hall–Kier alpha value is -0.543. The van der Waals surface area contributed by atoms with Gasteiger partial charge in [-0.05, 0) is 36.6 Å². The Morgan fingerprint density at radius 1 is 1.11 bits per heavy atom. The molecule has 0 spiro atoms. The van der Waals surface area contributed by atoms with Crippen LogP contribution in [0.25, 0.3) is 0 Å². The summed E-state index contributed by atoms with van der Waals surface area (Å²) in [5.41, 5.74) is 0. The molecule has 0 amide bonds. The van der Waals surface area contributed by atoms with E-state index in [9.17, 15) is 0 Å². The number of aromatic nitrogens is 1. The van der Waals surface area contributed by atoms with Crippen molar-refractivity contribution in [2.24, 2.45) is 0 Å². The number of nitrogens with zero attached hydrogens (tertiary/aromatic N) is 1. The van der Waals surface area contributed by atoms with Crippen LogP contribution in [0.5, 0.6) is 0 Å². The maximum atomic E-state index is 6.73. The number of rotatable bonds is 4. The third-order valence-corrected chi connectivity index (χ3v) is 9.71. The Morgan fingerprint density at radius 2 is 1.68 bits per heavy atom. The van der Waals surface area contributed by atoms with Crippen LogP contribution >= 0.6 is 0 Å². The summed E-state index contributed by atoms with van der Waals surface area (Å²) in [6.07, 6.45) is 12.5. The molecule has 3 heteroatoms. The Morgan fingerprint density at radius 3 is 2.21 bits per heavy atom. The summed E-state index contributed by atoms with van der Waals surface area (Å²) < 4.78 is 9.04. The van der Waals surface area contributed by atoms with Gasteiger partial charge in [-0.3, -0.25) is 0 Å². The van der Waals surface area contributed by atoms with Gasteiger partial charge in [-0.2, -0.15) is 0 Å². The smallest absolute Gasteiger partial charge is 0.214 e. The molecule has 0 bridgehead atoms. The van der Waals surface area contributed by atoms with Gasteiger partial charge in [0.25, 0.3) is 0 Å². The predicted molar refractivity (Wildman–Crippen MR) is 83.7 cm³/mol. The van der Waals surface area contributed by atoms with Crippen molar-refractivity contribution < 1.29 is 4.43 Å². The SMILES string of the molecule is CC(C)(C)[Si](C)(Cn1cccc1)OC1CCCCC1. The van der Waals surface area contributed by atoms with Gasteiger partial charge in [0.2, 0.25) is 8.32 Å². The summed E-state index contributed by atoms with van der Waals surface area (Å²) in [4.78, 5) is 0.